The van der Waals surface area contributed by atoms with Crippen molar-refractivity contribution >= 4 is 22.4 Å². The van der Waals surface area contributed by atoms with E-state index in [0.717, 1.165) is 13.0 Å². The highest BCUT2D eigenvalue weighted by Crippen LogP contribution is 2.23. The van der Waals surface area contributed by atoms with Crippen LogP contribution in [0.25, 0.3) is 11.4 Å². The molecule has 2 aromatic rings. The minimum Gasteiger partial charge on any atom is -0.306 e. The number of carbonyl (C=O) groups is 1. The summed E-state index contributed by atoms with van der Waals surface area (Å²) in [5.74, 6) is -0.630. The van der Waals surface area contributed by atoms with Crippen LogP contribution in [0, 0.1) is 5.95 Å². The normalized spacial score (nSPS) is 17.8. The summed E-state index contributed by atoms with van der Waals surface area (Å²) >= 11 is 1.30. The molecule has 98 valence electrons. The molecule has 1 aliphatic rings. The smallest absolute Gasteiger partial charge is 0.243 e. The van der Waals surface area contributed by atoms with Crippen LogP contribution < -0.4 is 10.6 Å². The number of anilines is 1. The second-order valence-corrected chi connectivity index (χ2v) is 5.03. The predicted octanol–water partition coefficient (Wildman–Crippen LogP) is 1.64. The molecule has 3 rings (SSSR count). The number of thiazole rings is 1. The first-order valence-electron chi connectivity index (χ1n) is 5.85. The van der Waals surface area contributed by atoms with Gasteiger partial charge in [-0.25, -0.2) is 9.97 Å². The van der Waals surface area contributed by atoms with Crippen molar-refractivity contribution in [3.63, 3.8) is 0 Å². The lowest BCUT2D eigenvalue weighted by Crippen LogP contribution is -2.50. The van der Waals surface area contributed by atoms with Crippen LogP contribution in [0.5, 0.6) is 0 Å². The monoisotopic (exact) mass is 278 g/mol. The fraction of sp³-hybridized carbons (Fsp3) is 0.250. The van der Waals surface area contributed by atoms with Crippen molar-refractivity contribution in [2.45, 2.75) is 12.5 Å². The van der Waals surface area contributed by atoms with Crippen LogP contribution in [0.2, 0.25) is 0 Å². The number of nitrogens with zero attached hydrogens (tertiary/aromatic N) is 2. The maximum Gasteiger partial charge on any atom is 0.243 e. The predicted molar refractivity (Wildman–Crippen MR) is 70.3 cm³/mol. The lowest BCUT2D eigenvalue weighted by molar-refractivity contribution is -0.119. The number of nitrogens with one attached hydrogen (secondary N) is 2. The highest BCUT2D eigenvalue weighted by molar-refractivity contribution is 7.14. The van der Waals surface area contributed by atoms with Gasteiger partial charge >= 0.3 is 0 Å². The maximum atomic E-state index is 13.0. The number of amides is 1. The Bertz CT molecular complexity index is 611. The summed E-state index contributed by atoms with van der Waals surface area (Å²) in [7, 11) is 0. The summed E-state index contributed by atoms with van der Waals surface area (Å²) < 4.78 is 13.0. The number of pyridine rings is 1. The lowest BCUT2D eigenvalue weighted by atomic mass is 10.1. The largest absolute Gasteiger partial charge is 0.306 e. The molecule has 1 atom stereocenters. The lowest BCUT2D eigenvalue weighted by Gasteiger charge is -2.25. The Hall–Kier alpha value is -1.86. The van der Waals surface area contributed by atoms with Crippen molar-refractivity contribution in [3.8, 4) is 11.4 Å². The summed E-state index contributed by atoms with van der Waals surface area (Å²) in [6.07, 6.45) is 0.843. The van der Waals surface area contributed by atoms with Gasteiger partial charge in [0.2, 0.25) is 11.9 Å². The van der Waals surface area contributed by atoms with Gasteiger partial charge in [0, 0.05) is 5.38 Å². The van der Waals surface area contributed by atoms with Crippen molar-refractivity contribution in [2.75, 3.05) is 11.9 Å². The van der Waals surface area contributed by atoms with Gasteiger partial charge < -0.3 is 10.6 Å². The number of halogens is 1. The van der Waals surface area contributed by atoms with Crippen LogP contribution in [0.3, 0.4) is 0 Å². The number of hydrogen-bond donors (Lipinski definition) is 2. The molecular formula is C12H11FN4OS. The highest BCUT2D eigenvalue weighted by Gasteiger charge is 2.25. The van der Waals surface area contributed by atoms with Gasteiger partial charge in [0.05, 0.1) is 11.7 Å². The molecule has 1 unspecified atom stereocenters. The molecule has 5 nitrogen and oxygen atoms in total. The van der Waals surface area contributed by atoms with E-state index in [1.807, 2.05) is 0 Å². The Kier molecular flexibility index (Phi) is 3.22. The zero-order valence-electron chi connectivity index (χ0n) is 9.89. The first-order valence-corrected chi connectivity index (χ1v) is 6.73. The van der Waals surface area contributed by atoms with Crippen molar-refractivity contribution in [3.05, 3.63) is 29.5 Å². The number of aromatic nitrogens is 2. The van der Waals surface area contributed by atoms with Gasteiger partial charge in [0.25, 0.3) is 0 Å². The van der Waals surface area contributed by atoms with Crippen LogP contribution in [0.15, 0.2) is 23.6 Å². The van der Waals surface area contributed by atoms with Crippen molar-refractivity contribution in [2.24, 2.45) is 0 Å². The summed E-state index contributed by atoms with van der Waals surface area (Å²) in [5, 5.41) is 7.99. The van der Waals surface area contributed by atoms with Gasteiger partial charge in [-0.05, 0) is 25.1 Å². The van der Waals surface area contributed by atoms with Gasteiger partial charge in [-0.1, -0.05) is 6.07 Å². The third kappa shape index (κ3) is 2.61. The standard InChI is InChI=1S/C12H11FN4OS/c13-10-3-1-2-7(15-10)9-6-19-12(16-9)17-11(18)8-4-5-14-8/h1-3,6,8,14H,4-5H2,(H,16,17,18). The molecule has 2 aromatic heterocycles. The van der Waals surface area contributed by atoms with Crippen LogP contribution in [-0.2, 0) is 4.79 Å². The summed E-state index contributed by atoms with van der Waals surface area (Å²) in [4.78, 5) is 19.7. The summed E-state index contributed by atoms with van der Waals surface area (Å²) in [5.41, 5.74) is 1.01. The highest BCUT2D eigenvalue weighted by atomic mass is 32.1. The average molecular weight is 278 g/mol. The fourth-order valence-corrected chi connectivity index (χ4v) is 2.41. The van der Waals surface area contributed by atoms with Crippen LogP contribution >= 0.6 is 11.3 Å². The molecule has 3 heterocycles. The van der Waals surface area contributed by atoms with Crippen molar-refractivity contribution in [1.82, 2.24) is 15.3 Å². The third-order valence-electron chi connectivity index (χ3n) is 2.85. The van der Waals surface area contributed by atoms with E-state index in [-0.39, 0.29) is 11.9 Å². The molecule has 0 aliphatic carbocycles. The third-order valence-corrected chi connectivity index (χ3v) is 3.61. The second kappa shape index (κ2) is 5.02. The van der Waals surface area contributed by atoms with E-state index in [1.54, 1.807) is 17.5 Å². The number of carbonyl (C=O) groups excluding carboxylic acids is 1. The Morgan fingerprint density at radius 3 is 2.95 bits per heavy atom. The van der Waals surface area contributed by atoms with Gasteiger partial charge in [0.1, 0.15) is 5.69 Å². The molecule has 1 aliphatic heterocycles. The Balaban J connectivity index is 1.74. The SMILES string of the molecule is O=C(Nc1nc(-c2cccc(F)n2)cs1)C1CCN1. The van der Waals surface area contributed by atoms with E-state index in [2.05, 4.69) is 20.6 Å². The second-order valence-electron chi connectivity index (χ2n) is 4.17. The van der Waals surface area contributed by atoms with Crippen molar-refractivity contribution in [1.29, 1.82) is 0 Å². The molecule has 1 saturated heterocycles. The fourth-order valence-electron chi connectivity index (χ4n) is 1.70. The van der Waals surface area contributed by atoms with E-state index in [0.29, 0.717) is 16.5 Å². The van der Waals surface area contributed by atoms with E-state index in [4.69, 9.17) is 0 Å². The van der Waals surface area contributed by atoms with Crippen molar-refractivity contribution < 1.29 is 9.18 Å². The first kappa shape index (κ1) is 12.2. The van der Waals surface area contributed by atoms with Crippen LogP contribution in [0.1, 0.15) is 6.42 Å². The number of rotatable bonds is 3. The van der Waals surface area contributed by atoms with E-state index >= 15 is 0 Å². The quantitative estimate of drug-likeness (QED) is 0.838. The Morgan fingerprint density at radius 1 is 1.42 bits per heavy atom. The molecule has 0 aromatic carbocycles. The molecule has 0 spiro atoms. The molecule has 2 N–H and O–H groups in total. The summed E-state index contributed by atoms with van der Waals surface area (Å²) in [6.45, 7) is 0.869. The first-order chi connectivity index (χ1) is 9.22. The Labute approximate surface area is 112 Å². The van der Waals surface area contributed by atoms with E-state index in [1.165, 1.54) is 17.4 Å². The topological polar surface area (TPSA) is 66.9 Å². The summed E-state index contributed by atoms with van der Waals surface area (Å²) in [6, 6.07) is 4.41. The number of hydrogen-bond acceptors (Lipinski definition) is 5. The Morgan fingerprint density at radius 2 is 2.26 bits per heavy atom. The zero-order valence-corrected chi connectivity index (χ0v) is 10.7. The van der Waals surface area contributed by atoms with Crippen LogP contribution in [-0.4, -0.2) is 28.5 Å². The van der Waals surface area contributed by atoms with Gasteiger partial charge in [-0.2, -0.15) is 4.39 Å². The minimum atomic E-state index is -0.547. The van der Waals surface area contributed by atoms with Gasteiger partial charge in [-0.3, -0.25) is 4.79 Å². The van der Waals surface area contributed by atoms with E-state index in [9.17, 15) is 9.18 Å². The molecule has 7 heteroatoms. The molecule has 0 bridgehead atoms. The molecule has 1 fully saturated rings. The van der Waals surface area contributed by atoms with E-state index < -0.39 is 5.95 Å². The average Bonchev–Trinajstić information content (AvgIpc) is 2.75. The molecule has 19 heavy (non-hydrogen) atoms. The molecule has 0 saturated carbocycles. The van der Waals surface area contributed by atoms with Gasteiger partial charge in [-0.15, -0.1) is 11.3 Å². The zero-order chi connectivity index (χ0) is 13.2. The minimum absolute atomic E-state index is 0.0839. The van der Waals surface area contributed by atoms with Crippen LogP contribution in [0.4, 0.5) is 9.52 Å². The molecular weight excluding hydrogens is 267 g/mol. The molecule has 0 radical (unpaired) electrons. The maximum absolute atomic E-state index is 13.0. The molecule has 1 amide bonds. The van der Waals surface area contributed by atoms with Gasteiger partial charge in [0.15, 0.2) is 5.13 Å².